The van der Waals surface area contributed by atoms with Gasteiger partial charge < -0.3 is 14.5 Å². The van der Waals surface area contributed by atoms with Gasteiger partial charge in [-0.25, -0.2) is 4.98 Å². The van der Waals surface area contributed by atoms with E-state index in [9.17, 15) is 9.59 Å². The van der Waals surface area contributed by atoms with Crippen LogP contribution in [-0.2, 0) is 4.79 Å². The number of piperidine rings is 1. The summed E-state index contributed by atoms with van der Waals surface area (Å²) >= 11 is 5.83. The normalized spacial score (nSPS) is 20.9. The van der Waals surface area contributed by atoms with Gasteiger partial charge in [0.25, 0.3) is 5.91 Å². The Bertz CT molecular complexity index is 914. The molecule has 1 aromatic carbocycles. The molecule has 3 heterocycles. The molecule has 2 aliphatic heterocycles. The van der Waals surface area contributed by atoms with E-state index in [0.29, 0.717) is 35.3 Å². The Kier molecular flexibility index (Phi) is 5.53. The van der Waals surface area contributed by atoms with Crippen LogP contribution in [0.2, 0.25) is 5.02 Å². The molecule has 2 aromatic rings. The first-order chi connectivity index (χ1) is 14.1. The number of fused-ring (bicyclic) bond motifs is 1. The molecule has 150 valence electrons. The molecule has 29 heavy (non-hydrogen) atoms. The van der Waals surface area contributed by atoms with E-state index in [0.717, 1.165) is 19.3 Å². The molecule has 4 rings (SSSR count). The minimum Gasteiger partial charge on any atom is -0.439 e. The van der Waals surface area contributed by atoms with Crippen molar-refractivity contribution in [2.75, 3.05) is 13.1 Å². The quantitative estimate of drug-likeness (QED) is 0.715. The van der Waals surface area contributed by atoms with Gasteiger partial charge in [-0.3, -0.25) is 9.59 Å². The zero-order chi connectivity index (χ0) is 20.4. The number of amides is 2. The van der Waals surface area contributed by atoms with E-state index >= 15 is 0 Å². The molecule has 1 aromatic heterocycles. The SMILES string of the molecule is C=CC(=O)N1CCC2C1CCCN2C(=O)c1ccc(Oc2ccc(Cl)cn2)cc1. The average Bonchev–Trinajstić information content (AvgIpc) is 3.19. The summed E-state index contributed by atoms with van der Waals surface area (Å²) in [6.45, 7) is 4.98. The van der Waals surface area contributed by atoms with E-state index in [1.807, 2.05) is 9.80 Å². The maximum Gasteiger partial charge on any atom is 0.254 e. The highest BCUT2D eigenvalue weighted by molar-refractivity contribution is 6.30. The molecule has 0 aliphatic carbocycles. The molecule has 0 spiro atoms. The lowest BCUT2D eigenvalue weighted by atomic mass is 9.95. The molecule has 2 saturated heterocycles. The van der Waals surface area contributed by atoms with E-state index in [1.165, 1.54) is 12.3 Å². The van der Waals surface area contributed by atoms with Gasteiger partial charge >= 0.3 is 0 Å². The number of likely N-dealkylation sites (tertiary alicyclic amines) is 2. The number of aromatic nitrogens is 1. The second kappa shape index (κ2) is 8.25. The Morgan fingerprint density at radius 1 is 1.07 bits per heavy atom. The van der Waals surface area contributed by atoms with Crippen LogP contribution in [0.15, 0.2) is 55.3 Å². The number of ether oxygens (including phenoxy) is 1. The van der Waals surface area contributed by atoms with Gasteiger partial charge in [0.15, 0.2) is 0 Å². The second-order valence-electron chi connectivity index (χ2n) is 7.24. The summed E-state index contributed by atoms with van der Waals surface area (Å²) < 4.78 is 5.69. The summed E-state index contributed by atoms with van der Waals surface area (Å²) in [5, 5.41) is 0.540. The lowest BCUT2D eigenvalue weighted by Gasteiger charge is -2.39. The predicted octanol–water partition coefficient (Wildman–Crippen LogP) is 3.92. The van der Waals surface area contributed by atoms with Crippen LogP contribution in [0.3, 0.4) is 0 Å². The summed E-state index contributed by atoms with van der Waals surface area (Å²) in [4.78, 5) is 33.1. The first-order valence-corrected chi connectivity index (χ1v) is 10.1. The van der Waals surface area contributed by atoms with Gasteiger partial charge in [0.05, 0.1) is 17.1 Å². The molecular formula is C22H22ClN3O3. The fourth-order valence-electron chi connectivity index (χ4n) is 4.20. The van der Waals surface area contributed by atoms with Gasteiger partial charge in [0, 0.05) is 30.9 Å². The van der Waals surface area contributed by atoms with Gasteiger partial charge in [-0.15, -0.1) is 0 Å². The first-order valence-electron chi connectivity index (χ1n) is 9.70. The molecule has 2 unspecified atom stereocenters. The third kappa shape index (κ3) is 3.98. The fourth-order valence-corrected chi connectivity index (χ4v) is 4.32. The molecule has 2 atom stereocenters. The number of hydrogen-bond acceptors (Lipinski definition) is 4. The number of halogens is 1. The largest absolute Gasteiger partial charge is 0.439 e. The molecule has 6 nitrogen and oxygen atoms in total. The van der Waals surface area contributed by atoms with Crippen molar-refractivity contribution in [1.29, 1.82) is 0 Å². The topological polar surface area (TPSA) is 62.7 Å². The van der Waals surface area contributed by atoms with Crippen LogP contribution in [0, 0.1) is 0 Å². The molecule has 2 aliphatic rings. The fraction of sp³-hybridized carbons (Fsp3) is 0.318. The van der Waals surface area contributed by atoms with Gasteiger partial charge in [0.1, 0.15) is 5.75 Å². The molecule has 2 fully saturated rings. The van der Waals surface area contributed by atoms with Gasteiger partial charge in [-0.05, 0) is 55.7 Å². The van der Waals surface area contributed by atoms with Crippen molar-refractivity contribution in [3.63, 3.8) is 0 Å². The number of hydrogen-bond donors (Lipinski definition) is 0. The molecular weight excluding hydrogens is 390 g/mol. The lowest BCUT2D eigenvalue weighted by Crippen LogP contribution is -2.52. The van der Waals surface area contributed by atoms with Crippen LogP contribution < -0.4 is 4.74 Å². The van der Waals surface area contributed by atoms with Crippen molar-refractivity contribution in [1.82, 2.24) is 14.8 Å². The summed E-state index contributed by atoms with van der Waals surface area (Å²) in [6.07, 6.45) is 5.49. The van der Waals surface area contributed by atoms with Crippen LogP contribution in [0.1, 0.15) is 29.6 Å². The number of rotatable bonds is 4. The van der Waals surface area contributed by atoms with Crippen molar-refractivity contribution < 1.29 is 14.3 Å². The first kappa shape index (κ1) is 19.5. The maximum absolute atomic E-state index is 13.1. The highest BCUT2D eigenvalue weighted by Crippen LogP contribution is 2.32. The van der Waals surface area contributed by atoms with Crippen molar-refractivity contribution in [3.8, 4) is 11.6 Å². The zero-order valence-corrected chi connectivity index (χ0v) is 16.7. The Morgan fingerprint density at radius 2 is 1.83 bits per heavy atom. The maximum atomic E-state index is 13.1. The monoisotopic (exact) mass is 411 g/mol. The van der Waals surface area contributed by atoms with Crippen LogP contribution in [0.4, 0.5) is 0 Å². The predicted molar refractivity (Wildman–Crippen MR) is 110 cm³/mol. The second-order valence-corrected chi connectivity index (χ2v) is 7.68. The Balaban J connectivity index is 1.46. The van der Waals surface area contributed by atoms with Crippen LogP contribution in [-0.4, -0.2) is 51.8 Å². The Hall–Kier alpha value is -2.86. The Labute approximate surface area is 174 Å². The molecule has 7 heteroatoms. The van der Waals surface area contributed by atoms with Gasteiger partial charge in [-0.2, -0.15) is 0 Å². The van der Waals surface area contributed by atoms with Crippen molar-refractivity contribution in [2.45, 2.75) is 31.3 Å². The smallest absolute Gasteiger partial charge is 0.254 e. The van der Waals surface area contributed by atoms with Crippen LogP contribution >= 0.6 is 11.6 Å². The summed E-state index contributed by atoms with van der Waals surface area (Å²) in [5.74, 6) is 0.967. The number of nitrogens with zero attached hydrogens (tertiary/aromatic N) is 3. The van der Waals surface area contributed by atoms with E-state index in [2.05, 4.69) is 11.6 Å². The third-order valence-corrected chi connectivity index (χ3v) is 5.78. The van der Waals surface area contributed by atoms with Gasteiger partial charge in [0.2, 0.25) is 11.8 Å². The van der Waals surface area contributed by atoms with Crippen molar-refractivity contribution >= 4 is 23.4 Å². The van der Waals surface area contributed by atoms with E-state index in [1.54, 1.807) is 36.4 Å². The van der Waals surface area contributed by atoms with Gasteiger partial charge in [-0.1, -0.05) is 18.2 Å². The van der Waals surface area contributed by atoms with Crippen molar-refractivity contribution in [3.05, 3.63) is 65.8 Å². The molecule has 0 bridgehead atoms. The van der Waals surface area contributed by atoms with Crippen LogP contribution in [0.5, 0.6) is 11.6 Å². The number of carbonyl (C=O) groups excluding carboxylic acids is 2. The highest BCUT2D eigenvalue weighted by atomic mass is 35.5. The van der Waals surface area contributed by atoms with E-state index in [4.69, 9.17) is 16.3 Å². The average molecular weight is 412 g/mol. The number of benzene rings is 1. The summed E-state index contributed by atoms with van der Waals surface area (Å²) in [5.41, 5.74) is 0.607. The lowest BCUT2D eigenvalue weighted by molar-refractivity contribution is -0.127. The number of pyridine rings is 1. The van der Waals surface area contributed by atoms with E-state index < -0.39 is 0 Å². The minimum absolute atomic E-state index is 0.0104. The summed E-state index contributed by atoms with van der Waals surface area (Å²) in [6, 6.07) is 10.6. The molecule has 0 saturated carbocycles. The van der Waals surface area contributed by atoms with Crippen molar-refractivity contribution in [2.24, 2.45) is 0 Å². The zero-order valence-electron chi connectivity index (χ0n) is 16.0. The summed E-state index contributed by atoms with van der Waals surface area (Å²) in [7, 11) is 0. The minimum atomic E-state index is -0.0518. The molecule has 2 amide bonds. The van der Waals surface area contributed by atoms with E-state index in [-0.39, 0.29) is 23.9 Å². The Morgan fingerprint density at radius 3 is 2.52 bits per heavy atom. The number of carbonyl (C=O) groups is 2. The molecule has 0 radical (unpaired) electrons. The van der Waals surface area contributed by atoms with Crippen LogP contribution in [0.25, 0.3) is 0 Å². The molecule has 0 N–H and O–H groups in total. The highest BCUT2D eigenvalue weighted by Gasteiger charge is 2.43. The standard InChI is InChI=1S/C22H22ClN3O3/c1-2-21(27)25-13-11-19-18(25)4-3-12-26(19)22(28)15-5-8-17(9-6-15)29-20-10-7-16(23)14-24-20/h2,5-10,14,18-19H,1,3-4,11-13H2. The third-order valence-electron chi connectivity index (χ3n) is 5.55.